The molecule has 3 aromatic carbocycles. The number of likely N-dealkylation sites (tertiary alicyclic amines) is 1. The van der Waals surface area contributed by atoms with Gasteiger partial charge in [-0.15, -0.1) is 0 Å². The van der Waals surface area contributed by atoms with E-state index in [-0.39, 0.29) is 23.8 Å². The zero-order chi connectivity index (χ0) is 22.8. The van der Waals surface area contributed by atoms with E-state index in [1.165, 1.54) is 0 Å². The Bertz CT molecular complexity index is 1150. The van der Waals surface area contributed by atoms with Gasteiger partial charge in [0.1, 0.15) is 6.10 Å². The van der Waals surface area contributed by atoms with Gasteiger partial charge in [0.25, 0.3) is 5.91 Å². The van der Waals surface area contributed by atoms with Gasteiger partial charge < -0.3 is 14.5 Å². The van der Waals surface area contributed by atoms with Crippen LogP contribution in [0.25, 0.3) is 10.8 Å². The minimum Gasteiger partial charge on any atom is -0.370 e. The number of carbonyl (C=O) groups is 2. The average molecular weight is 463 g/mol. The summed E-state index contributed by atoms with van der Waals surface area (Å²) in [5.41, 5.74) is 1.77. The number of carbonyl (C=O) groups excluding carboxylic acids is 2. The Kier molecular flexibility index (Phi) is 6.34. The van der Waals surface area contributed by atoms with Crippen molar-refractivity contribution in [2.24, 2.45) is 5.92 Å². The molecule has 5 nitrogen and oxygen atoms in total. The lowest BCUT2D eigenvalue weighted by atomic mass is 9.93. The lowest BCUT2D eigenvalue weighted by molar-refractivity contribution is -0.144. The Balaban J connectivity index is 1.21. The molecule has 2 heterocycles. The van der Waals surface area contributed by atoms with E-state index in [0.29, 0.717) is 50.7 Å². The van der Waals surface area contributed by atoms with Crippen LogP contribution < -0.4 is 0 Å². The smallest absolute Gasteiger partial charge is 0.254 e. The van der Waals surface area contributed by atoms with E-state index in [2.05, 4.69) is 0 Å². The van der Waals surface area contributed by atoms with E-state index in [1.807, 2.05) is 76.5 Å². The number of morpholine rings is 1. The number of hydrogen-bond donors (Lipinski definition) is 0. The number of hydrogen-bond acceptors (Lipinski definition) is 3. The van der Waals surface area contributed by atoms with Crippen molar-refractivity contribution in [2.45, 2.75) is 18.9 Å². The number of amides is 2. The van der Waals surface area contributed by atoms with Crippen LogP contribution in [0.5, 0.6) is 0 Å². The zero-order valence-corrected chi connectivity index (χ0v) is 19.2. The molecule has 0 aromatic heterocycles. The third-order valence-electron chi connectivity index (χ3n) is 6.77. The number of benzene rings is 3. The normalized spacial score (nSPS) is 19.6. The summed E-state index contributed by atoms with van der Waals surface area (Å²) in [5.74, 6) is 0.173. The van der Waals surface area contributed by atoms with Gasteiger partial charge in [0.15, 0.2) is 0 Å². The molecule has 2 fully saturated rings. The summed E-state index contributed by atoms with van der Waals surface area (Å²) in [6.07, 6.45) is 1.25. The van der Waals surface area contributed by atoms with Gasteiger partial charge in [0, 0.05) is 36.1 Å². The van der Waals surface area contributed by atoms with Crippen molar-refractivity contribution >= 4 is 34.2 Å². The lowest BCUT2D eigenvalue weighted by Crippen LogP contribution is -2.48. The van der Waals surface area contributed by atoms with Crippen LogP contribution in [0.4, 0.5) is 0 Å². The fourth-order valence-electron chi connectivity index (χ4n) is 4.90. The highest BCUT2D eigenvalue weighted by atomic mass is 35.5. The Labute approximate surface area is 198 Å². The Morgan fingerprint density at radius 1 is 0.848 bits per heavy atom. The highest BCUT2D eigenvalue weighted by Crippen LogP contribution is 2.28. The summed E-state index contributed by atoms with van der Waals surface area (Å²) in [4.78, 5) is 30.3. The molecule has 2 aliphatic rings. The summed E-state index contributed by atoms with van der Waals surface area (Å²) in [6.45, 7) is 2.89. The van der Waals surface area contributed by atoms with Gasteiger partial charge in [0.05, 0.1) is 13.2 Å². The van der Waals surface area contributed by atoms with Crippen LogP contribution in [-0.4, -0.2) is 54.4 Å². The van der Waals surface area contributed by atoms with E-state index in [0.717, 1.165) is 21.9 Å². The molecular weight excluding hydrogens is 436 g/mol. The molecule has 5 rings (SSSR count). The SMILES string of the molecule is O=C(c1cccc2ccccc12)N1CCC(C(=O)N2CCOC(c3ccc(Cl)cc3)C2)CC1. The fourth-order valence-corrected chi connectivity index (χ4v) is 5.02. The number of ether oxygens (including phenoxy) is 1. The predicted molar refractivity (Wildman–Crippen MR) is 129 cm³/mol. The summed E-state index contributed by atoms with van der Waals surface area (Å²) in [6, 6.07) is 21.4. The first-order valence-corrected chi connectivity index (χ1v) is 11.9. The van der Waals surface area contributed by atoms with Crippen molar-refractivity contribution < 1.29 is 14.3 Å². The molecule has 0 bridgehead atoms. The zero-order valence-electron chi connectivity index (χ0n) is 18.5. The maximum Gasteiger partial charge on any atom is 0.254 e. The molecule has 2 saturated heterocycles. The van der Waals surface area contributed by atoms with Crippen LogP contribution in [0.3, 0.4) is 0 Å². The minimum atomic E-state index is -0.131. The second kappa shape index (κ2) is 9.54. The quantitative estimate of drug-likeness (QED) is 0.553. The molecule has 0 N–H and O–H groups in total. The van der Waals surface area contributed by atoms with Crippen LogP contribution in [0.15, 0.2) is 66.7 Å². The van der Waals surface area contributed by atoms with E-state index in [9.17, 15) is 9.59 Å². The van der Waals surface area contributed by atoms with Gasteiger partial charge in [-0.25, -0.2) is 0 Å². The third-order valence-corrected chi connectivity index (χ3v) is 7.02. The topological polar surface area (TPSA) is 49.9 Å². The standard InChI is InChI=1S/C27H27ClN2O3/c28-22-10-8-20(9-11-22)25-18-30(16-17-33-25)26(31)21-12-14-29(15-13-21)27(32)24-7-3-5-19-4-1-2-6-23(19)24/h1-11,21,25H,12-18H2. The Morgan fingerprint density at radius 3 is 2.36 bits per heavy atom. The summed E-state index contributed by atoms with van der Waals surface area (Å²) in [5, 5.41) is 2.73. The number of halogens is 1. The molecular formula is C27H27ClN2O3. The number of piperidine rings is 1. The van der Waals surface area contributed by atoms with Gasteiger partial charge in [0.2, 0.25) is 5.91 Å². The number of nitrogens with zero attached hydrogens (tertiary/aromatic N) is 2. The third kappa shape index (κ3) is 4.61. The van der Waals surface area contributed by atoms with Gasteiger partial charge in [-0.05, 0) is 47.4 Å². The molecule has 0 spiro atoms. The highest BCUT2D eigenvalue weighted by Gasteiger charge is 2.33. The molecule has 0 saturated carbocycles. The minimum absolute atomic E-state index is 0.0480. The fraction of sp³-hybridized carbons (Fsp3) is 0.333. The summed E-state index contributed by atoms with van der Waals surface area (Å²) < 4.78 is 5.91. The van der Waals surface area contributed by atoms with Crippen molar-refractivity contribution in [1.82, 2.24) is 9.80 Å². The molecule has 3 aromatic rings. The van der Waals surface area contributed by atoms with Crippen LogP contribution in [0.2, 0.25) is 5.02 Å². The molecule has 33 heavy (non-hydrogen) atoms. The second-order valence-corrected chi connectivity index (χ2v) is 9.22. The van der Waals surface area contributed by atoms with Crippen LogP contribution in [0, 0.1) is 5.92 Å². The first-order chi connectivity index (χ1) is 16.1. The monoisotopic (exact) mass is 462 g/mol. The van der Waals surface area contributed by atoms with E-state index in [4.69, 9.17) is 16.3 Å². The summed E-state index contributed by atoms with van der Waals surface area (Å²) >= 11 is 6.00. The van der Waals surface area contributed by atoms with Crippen molar-refractivity contribution in [1.29, 1.82) is 0 Å². The first-order valence-electron chi connectivity index (χ1n) is 11.5. The molecule has 1 atom stereocenters. The maximum absolute atomic E-state index is 13.3. The van der Waals surface area contributed by atoms with E-state index in [1.54, 1.807) is 0 Å². The maximum atomic E-state index is 13.3. The molecule has 2 amide bonds. The highest BCUT2D eigenvalue weighted by molar-refractivity contribution is 6.30. The number of rotatable bonds is 3. The summed E-state index contributed by atoms with van der Waals surface area (Å²) in [7, 11) is 0. The van der Waals surface area contributed by atoms with E-state index < -0.39 is 0 Å². The van der Waals surface area contributed by atoms with Gasteiger partial charge in [-0.3, -0.25) is 9.59 Å². The first kappa shape index (κ1) is 21.9. The second-order valence-electron chi connectivity index (χ2n) is 8.79. The van der Waals surface area contributed by atoms with Crippen molar-refractivity contribution in [3.8, 4) is 0 Å². The van der Waals surface area contributed by atoms with Gasteiger partial charge >= 0.3 is 0 Å². The Hall–Kier alpha value is -2.89. The average Bonchev–Trinajstić information content (AvgIpc) is 2.88. The van der Waals surface area contributed by atoms with Gasteiger partial charge in [-0.2, -0.15) is 0 Å². The molecule has 2 aliphatic heterocycles. The molecule has 170 valence electrons. The van der Waals surface area contributed by atoms with Crippen LogP contribution >= 0.6 is 11.6 Å². The van der Waals surface area contributed by atoms with Crippen LogP contribution in [0.1, 0.15) is 34.9 Å². The Morgan fingerprint density at radius 2 is 1.58 bits per heavy atom. The lowest BCUT2D eigenvalue weighted by Gasteiger charge is -2.38. The van der Waals surface area contributed by atoms with Crippen molar-refractivity contribution in [2.75, 3.05) is 32.8 Å². The molecule has 0 aliphatic carbocycles. The van der Waals surface area contributed by atoms with Crippen molar-refractivity contribution in [3.63, 3.8) is 0 Å². The largest absolute Gasteiger partial charge is 0.370 e. The van der Waals surface area contributed by atoms with Crippen molar-refractivity contribution in [3.05, 3.63) is 82.9 Å². The van der Waals surface area contributed by atoms with Crippen LogP contribution in [-0.2, 0) is 9.53 Å². The van der Waals surface area contributed by atoms with Gasteiger partial charge in [-0.1, -0.05) is 60.1 Å². The molecule has 0 radical (unpaired) electrons. The van der Waals surface area contributed by atoms with E-state index >= 15 is 0 Å². The number of fused-ring (bicyclic) bond motifs is 1. The molecule has 6 heteroatoms. The molecule has 1 unspecified atom stereocenters. The predicted octanol–water partition coefficient (Wildman–Crippen LogP) is 4.95.